The number of carbonyl (C=O) groups is 2. The number of carbonyl (C=O) groups excluding carboxylic acids is 2. The van der Waals surface area contributed by atoms with Crippen LogP contribution >= 0.6 is 0 Å². The average Bonchev–Trinajstić information content (AvgIpc) is 3.37. The molecule has 2 aliphatic rings. The minimum absolute atomic E-state index is 0.0289. The monoisotopic (exact) mass is 328 g/mol. The number of piperazine rings is 1. The Kier molecular flexibility index (Phi) is 3.51. The SMILES string of the molecule is CC(=O)N1CCN(C(=O)c2cc(C3CC3)nc3onc(C)c23)CC1. The van der Waals surface area contributed by atoms with E-state index in [0.29, 0.717) is 54.5 Å². The molecule has 2 fully saturated rings. The van der Waals surface area contributed by atoms with Crippen LogP contribution in [0.2, 0.25) is 0 Å². The zero-order valence-corrected chi connectivity index (χ0v) is 13.9. The third-order valence-corrected chi connectivity index (χ3v) is 4.88. The first-order valence-electron chi connectivity index (χ1n) is 8.36. The molecule has 1 saturated heterocycles. The van der Waals surface area contributed by atoms with E-state index in [0.717, 1.165) is 18.5 Å². The van der Waals surface area contributed by atoms with E-state index in [2.05, 4.69) is 10.1 Å². The van der Waals surface area contributed by atoms with Gasteiger partial charge in [0.25, 0.3) is 11.6 Å². The Bertz CT molecular complexity index is 817. The Labute approximate surface area is 139 Å². The number of aromatic nitrogens is 2. The van der Waals surface area contributed by atoms with Gasteiger partial charge in [-0.15, -0.1) is 0 Å². The second-order valence-electron chi connectivity index (χ2n) is 6.62. The molecule has 0 unspecified atom stereocenters. The number of aryl methyl sites for hydroxylation is 1. The molecule has 0 atom stereocenters. The number of amides is 2. The van der Waals surface area contributed by atoms with E-state index in [4.69, 9.17) is 4.52 Å². The van der Waals surface area contributed by atoms with Gasteiger partial charge < -0.3 is 14.3 Å². The number of hydrogen-bond acceptors (Lipinski definition) is 5. The van der Waals surface area contributed by atoms with Crippen LogP contribution in [0.1, 0.15) is 47.4 Å². The lowest BCUT2D eigenvalue weighted by Gasteiger charge is -2.34. The summed E-state index contributed by atoms with van der Waals surface area (Å²) in [5.74, 6) is 0.457. The number of nitrogens with zero attached hydrogens (tertiary/aromatic N) is 4. The topological polar surface area (TPSA) is 79.5 Å². The number of pyridine rings is 1. The van der Waals surface area contributed by atoms with Crippen LogP contribution < -0.4 is 0 Å². The fraction of sp³-hybridized carbons (Fsp3) is 0.529. The largest absolute Gasteiger partial charge is 0.339 e. The first-order valence-corrected chi connectivity index (χ1v) is 8.36. The highest BCUT2D eigenvalue weighted by Crippen LogP contribution is 2.40. The summed E-state index contributed by atoms with van der Waals surface area (Å²) in [6.45, 7) is 5.64. The maximum absolute atomic E-state index is 13.1. The average molecular weight is 328 g/mol. The highest BCUT2D eigenvalue weighted by molar-refractivity contribution is 6.06. The van der Waals surface area contributed by atoms with Crippen molar-refractivity contribution in [3.63, 3.8) is 0 Å². The maximum Gasteiger partial charge on any atom is 0.259 e. The zero-order valence-electron chi connectivity index (χ0n) is 13.9. The van der Waals surface area contributed by atoms with Crippen molar-refractivity contribution in [3.8, 4) is 0 Å². The summed E-state index contributed by atoms with van der Waals surface area (Å²) in [6.07, 6.45) is 2.22. The molecule has 2 amide bonds. The standard InChI is InChI=1S/C17H20N4O3/c1-10-15-13(9-14(12-3-4-12)18-16(15)24-19-10)17(23)21-7-5-20(6-8-21)11(2)22/h9,12H,3-8H2,1-2H3. The van der Waals surface area contributed by atoms with Gasteiger partial charge in [0.1, 0.15) is 0 Å². The molecule has 7 nitrogen and oxygen atoms in total. The first-order chi connectivity index (χ1) is 11.5. The van der Waals surface area contributed by atoms with Gasteiger partial charge in [-0.25, -0.2) is 4.98 Å². The minimum Gasteiger partial charge on any atom is -0.339 e. The van der Waals surface area contributed by atoms with E-state index in [-0.39, 0.29) is 11.8 Å². The van der Waals surface area contributed by atoms with Crippen molar-refractivity contribution in [2.24, 2.45) is 0 Å². The molecule has 0 aromatic carbocycles. The fourth-order valence-electron chi connectivity index (χ4n) is 3.27. The van der Waals surface area contributed by atoms with E-state index in [1.54, 1.807) is 16.7 Å². The first kappa shape index (κ1) is 15.1. The summed E-state index contributed by atoms with van der Waals surface area (Å²) >= 11 is 0. The molecule has 1 aliphatic carbocycles. The van der Waals surface area contributed by atoms with Gasteiger partial charge in [-0.05, 0) is 25.8 Å². The molecule has 2 aromatic heterocycles. The second-order valence-corrected chi connectivity index (χ2v) is 6.62. The van der Waals surface area contributed by atoms with Gasteiger partial charge in [-0.1, -0.05) is 5.16 Å². The molecule has 4 rings (SSSR count). The van der Waals surface area contributed by atoms with Crippen LogP contribution in [-0.2, 0) is 4.79 Å². The molecule has 24 heavy (non-hydrogen) atoms. The van der Waals surface area contributed by atoms with Crippen molar-refractivity contribution in [1.29, 1.82) is 0 Å². The zero-order chi connectivity index (χ0) is 16.8. The van der Waals surface area contributed by atoms with E-state index < -0.39 is 0 Å². The number of hydrogen-bond donors (Lipinski definition) is 0. The normalized spacial score (nSPS) is 18.2. The van der Waals surface area contributed by atoms with Gasteiger partial charge in [0.15, 0.2) is 0 Å². The molecule has 0 radical (unpaired) electrons. The molecule has 3 heterocycles. The van der Waals surface area contributed by atoms with Gasteiger partial charge in [0.05, 0.1) is 16.6 Å². The lowest BCUT2D eigenvalue weighted by molar-refractivity contribution is -0.130. The van der Waals surface area contributed by atoms with E-state index >= 15 is 0 Å². The predicted molar refractivity (Wildman–Crippen MR) is 86.7 cm³/mol. The summed E-state index contributed by atoms with van der Waals surface area (Å²) in [6, 6.07) is 1.91. The van der Waals surface area contributed by atoms with Crippen LogP contribution in [0.25, 0.3) is 11.1 Å². The summed E-state index contributed by atoms with van der Waals surface area (Å²) in [7, 11) is 0. The van der Waals surface area contributed by atoms with Crippen LogP contribution in [0.15, 0.2) is 10.6 Å². The molecular weight excluding hydrogens is 308 g/mol. The van der Waals surface area contributed by atoms with Crippen molar-refractivity contribution in [2.75, 3.05) is 26.2 Å². The predicted octanol–water partition coefficient (Wildman–Crippen LogP) is 1.71. The van der Waals surface area contributed by atoms with Crippen LogP contribution in [0, 0.1) is 6.92 Å². The molecule has 0 bridgehead atoms. The van der Waals surface area contributed by atoms with Crippen molar-refractivity contribution in [2.45, 2.75) is 32.6 Å². The van der Waals surface area contributed by atoms with Crippen molar-refractivity contribution in [3.05, 3.63) is 23.0 Å². The van der Waals surface area contributed by atoms with Crippen LogP contribution in [0.5, 0.6) is 0 Å². The molecule has 1 aliphatic heterocycles. The molecule has 2 aromatic rings. The van der Waals surface area contributed by atoms with Gasteiger partial charge in [0.2, 0.25) is 5.91 Å². The Hall–Kier alpha value is -2.44. The molecule has 1 saturated carbocycles. The Morgan fingerprint density at radius 3 is 2.46 bits per heavy atom. The molecule has 0 spiro atoms. The van der Waals surface area contributed by atoms with Crippen LogP contribution in [0.3, 0.4) is 0 Å². The summed E-state index contributed by atoms with van der Waals surface area (Å²) in [5, 5.41) is 4.69. The van der Waals surface area contributed by atoms with Crippen molar-refractivity contribution in [1.82, 2.24) is 19.9 Å². The molecule has 0 N–H and O–H groups in total. The fourth-order valence-corrected chi connectivity index (χ4v) is 3.27. The minimum atomic E-state index is -0.0289. The highest BCUT2D eigenvalue weighted by atomic mass is 16.5. The summed E-state index contributed by atoms with van der Waals surface area (Å²) in [4.78, 5) is 32.6. The molecular formula is C17H20N4O3. The van der Waals surface area contributed by atoms with Gasteiger partial charge in [-0.2, -0.15) is 0 Å². The summed E-state index contributed by atoms with van der Waals surface area (Å²) < 4.78 is 5.31. The molecule has 126 valence electrons. The lowest BCUT2D eigenvalue weighted by atomic mass is 10.1. The quantitative estimate of drug-likeness (QED) is 0.838. The lowest BCUT2D eigenvalue weighted by Crippen LogP contribution is -2.50. The molecule has 7 heteroatoms. The second kappa shape index (κ2) is 5.58. The number of fused-ring (bicyclic) bond motifs is 1. The van der Waals surface area contributed by atoms with Crippen LogP contribution in [0.4, 0.5) is 0 Å². The van der Waals surface area contributed by atoms with E-state index in [1.165, 1.54) is 0 Å². The Morgan fingerprint density at radius 2 is 1.83 bits per heavy atom. The van der Waals surface area contributed by atoms with Crippen molar-refractivity contribution >= 4 is 22.9 Å². The van der Waals surface area contributed by atoms with Crippen LogP contribution in [-0.4, -0.2) is 57.9 Å². The van der Waals surface area contributed by atoms with Gasteiger partial charge in [0, 0.05) is 44.7 Å². The summed E-state index contributed by atoms with van der Waals surface area (Å²) in [5.41, 5.74) is 2.68. The third kappa shape index (κ3) is 2.53. The maximum atomic E-state index is 13.1. The van der Waals surface area contributed by atoms with E-state index in [9.17, 15) is 9.59 Å². The van der Waals surface area contributed by atoms with Gasteiger partial charge in [-0.3, -0.25) is 9.59 Å². The Morgan fingerprint density at radius 1 is 1.17 bits per heavy atom. The van der Waals surface area contributed by atoms with E-state index in [1.807, 2.05) is 13.0 Å². The highest BCUT2D eigenvalue weighted by Gasteiger charge is 2.31. The smallest absolute Gasteiger partial charge is 0.259 e. The number of rotatable bonds is 2. The third-order valence-electron chi connectivity index (χ3n) is 4.88. The Balaban J connectivity index is 1.66. The van der Waals surface area contributed by atoms with Crippen molar-refractivity contribution < 1.29 is 14.1 Å². The van der Waals surface area contributed by atoms with Gasteiger partial charge >= 0.3 is 0 Å².